The van der Waals surface area contributed by atoms with E-state index in [1.165, 1.54) is 0 Å². The molecule has 0 amide bonds. The Morgan fingerprint density at radius 1 is 1.53 bits per heavy atom. The zero-order valence-corrected chi connectivity index (χ0v) is 9.79. The van der Waals surface area contributed by atoms with Gasteiger partial charge in [-0.15, -0.1) is 0 Å². The fourth-order valence-electron chi connectivity index (χ4n) is 3.10. The lowest BCUT2D eigenvalue weighted by atomic mass is 9.46. The van der Waals surface area contributed by atoms with Gasteiger partial charge in [-0.1, -0.05) is 20.8 Å². The average Bonchev–Trinajstić information content (AvgIpc) is 2.19. The van der Waals surface area contributed by atoms with Crippen LogP contribution < -0.4 is 0 Å². The predicted molar refractivity (Wildman–Crippen MR) is 59.4 cm³/mol. The molecule has 0 aromatic carbocycles. The molecule has 3 fully saturated rings. The van der Waals surface area contributed by atoms with E-state index in [0.29, 0.717) is 23.7 Å². The number of allylic oxidation sites excluding steroid dienone is 1. The number of carbonyl (C=O) groups is 1. The first-order valence-electron chi connectivity index (χ1n) is 5.89. The first-order valence-corrected chi connectivity index (χ1v) is 5.89. The Hall–Kier alpha value is -0.630. The molecule has 3 aliphatic carbocycles. The minimum atomic E-state index is -0.364. The van der Waals surface area contributed by atoms with E-state index in [-0.39, 0.29) is 11.9 Å². The van der Waals surface area contributed by atoms with Gasteiger partial charge in [-0.3, -0.25) is 4.79 Å². The van der Waals surface area contributed by atoms with Gasteiger partial charge in [0.05, 0.1) is 6.10 Å². The van der Waals surface area contributed by atoms with Crippen LogP contribution in [0.25, 0.3) is 0 Å². The van der Waals surface area contributed by atoms with Crippen molar-refractivity contribution in [2.45, 2.75) is 46.1 Å². The third kappa shape index (κ3) is 1.55. The number of hydrogen-bond donors (Lipinski definition) is 1. The molecule has 0 radical (unpaired) electrons. The van der Waals surface area contributed by atoms with Crippen molar-refractivity contribution in [3.05, 3.63) is 11.6 Å². The van der Waals surface area contributed by atoms with Crippen LogP contribution in [0.3, 0.4) is 0 Å². The summed E-state index contributed by atoms with van der Waals surface area (Å²) in [5.74, 6) is 1.22. The summed E-state index contributed by atoms with van der Waals surface area (Å²) in [5, 5.41) is 9.93. The first-order chi connectivity index (χ1) is 6.96. The number of ketones is 1. The highest BCUT2D eigenvalue weighted by Crippen LogP contribution is 2.61. The summed E-state index contributed by atoms with van der Waals surface area (Å²) in [5.41, 5.74) is 1.29. The molecule has 0 spiro atoms. The SMILES string of the molecule is CCC(=O)/C=C1/[C@@H](O)C[C@H]2C[C@@H]1C2(C)C. The van der Waals surface area contributed by atoms with Crippen molar-refractivity contribution < 1.29 is 9.90 Å². The van der Waals surface area contributed by atoms with Crippen LogP contribution in [0.2, 0.25) is 0 Å². The van der Waals surface area contributed by atoms with Crippen molar-refractivity contribution in [1.82, 2.24) is 0 Å². The third-order valence-electron chi connectivity index (χ3n) is 4.44. The van der Waals surface area contributed by atoms with Crippen LogP contribution in [-0.4, -0.2) is 17.0 Å². The number of aliphatic hydroxyl groups excluding tert-OH is 1. The number of aliphatic hydroxyl groups is 1. The quantitative estimate of drug-likeness (QED) is 0.707. The standard InChI is InChI=1S/C13H20O2/c1-4-9(14)7-10-11-5-8(6-12(10)15)13(11,2)3/h7-8,11-12,15H,4-6H2,1-3H3/b10-7+/t8-,11+,12+/m1/s1. The van der Waals surface area contributed by atoms with Gasteiger partial charge in [0.1, 0.15) is 0 Å². The van der Waals surface area contributed by atoms with Crippen molar-refractivity contribution in [2.24, 2.45) is 17.3 Å². The Bertz CT molecular complexity index is 314. The second kappa shape index (κ2) is 3.44. The van der Waals surface area contributed by atoms with Crippen molar-refractivity contribution in [2.75, 3.05) is 0 Å². The second-order valence-electron chi connectivity index (χ2n) is 5.52. The molecule has 0 heterocycles. The molecule has 0 aromatic rings. The van der Waals surface area contributed by atoms with Gasteiger partial charge < -0.3 is 5.11 Å². The summed E-state index contributed by atoms with van der Waals surface area (Å²) in [6.45, 7) is 6.37. The van der Waals surface area contributed by atoms with Crippen LogP contribution >= 0.6 is 0 Å². The number of fused-ring (bicyclic) bond motifs is 2. The zero-order valence-electron chi connectivity index (χ0n) is 9.79. The highest BCUT2D eigenvalue weighted by molar-refractivity contribution is 5.90. The van der Waals surface area contributed by atoms with Crippen LogP contribution in [0.5, 0.6) is 0 Å². The lowest BCUT2D eigenvalue weighted by Gasteiger charge is -2.59. The summed E-state index contributed by atoms with van der Waals surface area (Å²) < 4.78 is 0. The van der Waals surface area contributed by atoms with Crippen LogP contribution in [0.1, 0.15) is 40.0 Å². The Labute approximate surface area is 91.4 Å². The zero-order chi connectivity index (χ0) is 11.2. The van der Waals surface area contributed by atoms with Gasteiger partial charge in [0.15, 0.2) is 5.78 Å². The van der Waals surface area contributed by atoms with E-state index in [1.807, 2.05) is 6.92 Å². The van der Waals surface area contributed by atoms with Gasteiger partial charge >= 0.3 is 0 Å². The first kappa shape index (κ1) is 10.9. The highest BCUT2D eigenvalue weighted by Gasteiger charge is 2.55. The molecule has 3 saturated carbocycles. The van der Waals surface area contributed by atoms with Crippen LogP contribution in [-0.2, 0) is 4.79 Å². The maximum Gasteiger partial charge on any atom is 0.155 e. The maximum absolute atomic E-state index is 11.4. The van der Waals surface area contributed by atoms with E-state index in [1.54, 1.807) is 6.08 Å². The summed E-state index contributed by atoms with van der Waals surface area (Å²) >= 11 is 0. The average molecular weight is 208 g/mol. The van der Waals surface area contributed by atoms with Crippen molar-refractivity contribution >= 4 is 5.78 Å². The molecule has 84 valence electrons. The maximum atomic E-state index is 11.4. The van der Waals surface area contributed by atoms with E-state index in [0.717, 1.165) is 18.4 Å². The summed E-state index contributed by atoms with van der Waals surface area (Å²) in [7, 11) is 0. The molecular weight excluding hydrogens is 188 g/mol. The molecule has 0 aromatic heterocycles. The molecular formula is C13H20O2. The molecule has 3 rings (SSSR count). The van der Waals surface area contributed by atoms with Gasteiger partial charge in [-0.2, -0.15) is 0 Å². The largest absolute Gasteiger partial charge is 0.389 e. The lowest BCUT2D eigenvalue weighted by Crippen LogP contribution is -2.53. The van der Waals surface area contributed by atoms with Crippen molar-refractivity contribution in [3.8, 4) is 0 Å². The minimum Gasteiger partial charge on any atom is -0.389 e. The number of rotatable bonds is 2. The molecule has 1 N–H and O–H groups in total. The predicted octanol–water partition coefficient (Wildman–Crippen LogP) is 2.32. The molecule has 15 heavy (non-hydrogen) atoms. The van der Waals surface area contributed by atoms with Crippen molar-refractivity contribution in [3.63, 3.8) is 0 Å². The minimum absolute atomic E-state index is 0.144. The molecule has 2 nitrogen and oxygen atoms in total. The molecule has 0 unspecified atom stereocenters. The Morgan fingerprint density at radius 2 is 2.20 bits per heavy atom. The monoisotopic (exact) mass is 208 g/mol. The van der Waals surface area contributed by atoms with Gasteiger partial charge in [0.25, 0.3) is 0 Å². The topological polar surface area (TPSA) is 37.3 Å². The molecule has 3 aliphatic rings. The molecule has 3 atom stereocenters. The van der Waals surface area contributed by atoms with E-state index in [9.17, 15) is 9.90 Å². The van der Waals surface area contributed by atoms with E-state index < -0.39 is 0 Å². The van der Waals surface area contributed by atoms with E-state index in [2.05, 4.69) is 13.8 Å². The van der Waals surface area contributed by atoms with Crippen LogP contribution in [0.15, 0.2) is 11.6 Å². The van der Waals surface area contributed by atoms with Gasteiger partial charge in [-0.25, -0.2) is 0 Å². The molecule has 2 bridgehead atoms. The number of carbonyl (C=O) groups excluding carboxylic acids is 1. The Balaban J connectivity index is 2.23. The fourth-order valence-corrected chi connectivity index (χ4v) is 3.10. The number of hydrogen-bond acceptors (Lipinski definition) is 2. The lowest BCUT2D eigenvalue weighted by molar-refractivity contribution is -0.115. The smallest absolute Gasteiger partial charge is 0.155 e. The third-order valence-corrected chi connectivity index (χ3v) is 4.44. The fraction of sp³-hybridized carbons (Fsp3) is 0.769. The van der Waals surface area contributed by atoms with Crippen molar-refractivity contribution in [1.29, 1.82) is 0 Å². The Morgan fingerprint density at radius 3 is 2.73 bits per heavy atom. The summed E-state index contributed by atoms with van der Waals surface area (Å²) in [6, 6.07) is 0. The van der Waals surface area contributed by atoms with Gasteiger partial charge in [-0.05, 0) is 41.7 Å². The summed E-state index contributed by atoms with van der Waals surface area (Å²) in [6.07, 6.45) is 3.87. The van der Waals surface area contributed by atoms with E-state index in [4.69, 9.17) is 0 Å². The summed E-state index contributed by atoms with van der Waals surface area (Å²) in [4.78, 5) is 11.4. The Kier molecular flexibility index (Phi) is 2.50. The normalized spacial score (nSPS) is 40.0. The highest BCUT2D eigenvalue weighted by atomic mass is 16.3. The van der Waals surface area contributed by atoms with Gasteiger partial charge in [0, 0.05) is 6.42 Å². The second-order valence-corrected chi connectivity index (χ2v) is 5.52. The molecule has 0 aliphatic heterocycles. The van der Waals surface area contributed by atoms with Crippen LogP contribution in [0, 0.1) is 17.3 Å². The van der Waals surface area contributed by atoms with E-state index >= 15 is 0 Å². The van der Waals surface area contributed by atoms with Crippen LogP contribution in [0.4, 0.5) is 0 Å². The molecule has 2 heteroatoms. The van der Waals surface area contributed by atoms with Gasteiger partial charge in [0.2, 0.25) is 0 Å². The molecule has 0 saturated heterocycles.